The monoisotopic (exact) mass is 297 g/mol. The van der Waals surface area contributed by atoms with Crippen LogP contribution in [-0.4, -0.2) is 67.3 Å². The molecular formula is C15H24ClN3O. The van der Waals surface area contributed by atoms with E-state index in [0.29, 0.717) is 18.1 Å². The number of hydrogen-bond acceptors (Lipinski definition) is 4. The summed E-state index contributed by atoms with van der Waals surface area (Å²) in [5.41, 5.74) is 2.02. The van der Waals surface area contributed by atoms with Gasteiger partial charge in [0.25, 0.3) is 0 Å². The van der Waals surface area contributed by atoms with E-state index in [4.69, 9.17) is 11.6 Å². The minimum absolute atomic E-state index is 0.380. The van der Waals surface area contributed by atoms with E-state index < -0.39 is 0 Å². The van der Waals surface area contributed by atoms with Gasteiger partial charge in [-0.3, -0.25) is 4.90 Å². The first-order valence-electron chi connectivity index (χ1n) is 7.14. The van der Waals surface area contributed by atoms with Gasteiger partial charge < -0.3 is 15.3 Å². The van der Waals surface area contributed by atoms with Gasteiger partial charge in [0, 0.05) is 39.3 Å². The number of benzene rings is 1. The summed E-state index contributed by atoms with van der Waals surface area (Å²) in [6.45, 7) is 7.45. The topological polar surface area (TPSA) is 38.7 Å². The summed E-state index contributed by atoms with van der Waals surface area (Å²) in [6, 6.07) is 5.81. The van der Waals surface area contributed by atoms with Crippen molar-refractivity contribution in [2.24, 2.45) is 0 Å². The van der Waals surface area contributed by atoms with Gasteiger partial charge >= 0.3 is 0 Å². The number of para-hydroxylation sites is 1. The summed E-state index contributed by atoms with van der Waals surface area (Å²) < 4.78 is 0. The van der Waals surface area contributed by atoms with Gasteiger partial charge in [-0.25, -0.2) is 0 Å². The molecule has 20 heavy (non-hydrogen) atoms. The van der Waals surface area contributed by atoms with Crippen LogP contribution >= 0.6 is 11.6 Å². The number of likely N-dealkylation sites (N-methyl/N-ethyl adjacent to an activating group) is 1. The summed E-state index contributed by atoms with van der Waals surface area (Å²) in [5.74, 6) is 0. The van der Waals surface area contributed by atoms with Crippen molar-refractivity contribution in [3.05, 3.63) is 28.8 Å². The molecule has 0 spiro atoms. The lowest BCUT2D eigenvalue weighted by molar-refractivity contribution is 0.0869. The molecule has 2 rings (SSSR count). The summed E-state index contributed by atoms with van der Waals surface area (Å²) in [6.07, 6.45) is -0.380. The van der Waals surface area contributed by atoms with Crippen molar-refractivity contribution >= 4 is 17.3 Å². The molecule has 0 aromatic heterocycles. The standard InChI is InChI=1S/C15H24ClN3O/c1-12-4-3-5-14(16)15(12)17-10-13(20)11-19-8-6-18(2)7-9-19/h3-5,13,17,20H,6-11H2,1-2H3/t13-/m0/s1. The molecule has 5 heteroatoms. The Hall–Kier alpha value is -0.810. The number of anilines is 1. The van der Waals surface area contributed by atoms with Crippen LogP contribution in [0.1, 0.15) is 5.56 Å². The maximum absolute atomic E-state index is 10.1. The predicted molar refractivity (Wildman–Crippen MR) is 84.6 cm³/mol. The fourth-order valence-electron chi connectivity index (χ4n) is 2.47. The number of β-amino-alcohol motifs (C(OH)–C–C–N with tert-alkyl or cyclic N) is 1. The van der Waals surface area contributed by atoms with Crippen molar-refractivity contribution in [2.75, 3.05) is 51.6 Å². The van der Waals surface area contributed by atoms with Crippen molar-refractivity contribution in [3.8, 4) is 0 Å². The number of nitrogens with zero attached hydrogens (tertiary/aromatic N) is 2. The molecule has 1 atom stereocenters. The maximum atomic E-state index is 10.1. The van der Waals surface area contributed by atoms with Crippen LogP contribution in [0, 0.1) is 6.92 Å². The zero-order valence-electron chi connectivity index (χ0n) is 12.3. The van der Waals surface area contributed by atoms with Crippen LogP contribution in [0.2, 0.25) is 5.02 Å². The Labute approximate surface area is 126 Å². The van der Waals surface area contributed by atoms with Crippen molar-refractivity contribution < 1.29 is 5.11 Å². The Morgan fingerprint density at radius 3 is 2.65 bits per heavy atom. The molecule has 1 aliphatic rings. The number of rotatable bonds is 5. The zero-order chi connectivity index (χ0) is 14.5. The molecule has 1 fully saturated rings. The average Bonchev–Trinajstić information content (AvgIpc) is 2.41. The second-order valence-electron chi connectivity index (χ2n) is 5.57. The highest BCUT2D eigenvalue weighted by Gasteiger charge is 2.17. The molecule has 0 saturated carbocycles. The second kappa shape index (κ2) is 7.27. The molecule has 1 aromatic rings. The lowest BCUT2D eigenvalue weighted by atomic mass is 10.2. The van der Waals surface area contributed by atoms with Crippen LogP contribution in [0.4, 0.5) is 5.69 Å². The number of halogens is 1. The van der Waals surface area contributed by atoms with Crippen molar-refractivity contribution in [1.29, 1.82) is 0 Å². The van der Waals surface area contributed by atoms with Crippen LogP contribution in [0.15, 0.2) is 18.2 Å². The van der Waals surface area contributed by atoms with Crippen LogP contribution in [0.25, 0.3) is 0 Å². The number of aliphatic hydroxyl groups excluding tert-OH is 1. The average molecular weight is 298 g/mol. The number of aryl methyl sites for hydroxylation is 1. The third-order valence-electron chi connectivity index (χ3n) is 3.80. The highest BCUT2D eigenvalue weighted by Crippen LogP contribution is 2.25. The first-order valence-corrected chi connectivity index (χ1v) is 7.52. The van der Waals surface area contributed by atoms with Crippen molar-refractivity contribution in [2.45, 2.75) is 13.0 Å². The van der Waals surface area contributed by atoms with E-state index in [1.54, 1.807) is 0 Å². The largest absolute Gasteiger partial charge is 0.390 e. The third-order valence-corrected chi connectivity index (χ3v) is 4.12. The minimum atomic E-state index is -0.380. The fourth-order valence-corrected chi connectivity index (χ4v) is 2.76. The van der Waals surface area contributed by atoms with E-state index in [9.17, 15) is 5.11 Å². The Balaban J connectivity index is 1.79. The van der Waals surface area contributed by atoms with Gasteiger partial charge in [-0.15, -0.1) is 0 Å². The van der Waals surface area contributed by atoms with Gasteiger partial charge in [0.05, 0.1) is 16.8 Å². The van der Waals surface area contributed by atoms with E-state index in [-0.39, 0.29) is 6.10 Å². The van der Waals surface area contributed by atoms with Gasteiger partial charge in [0.15, 0.2) is 0 Å². The number of nitrogens with one attached hydrogen (secondary N) is 1. The fraction of sp³-hybridized carbons (Fsp3) is 0.600. The molecule has 0 amide bonds. The molecule has 1 aliphatic heterocycles. The molecule has 1 aromatic carbocycles. The Morgan fingerprint density at radius 2 is 2.00 bits per heavy atom. The Morgan fingerprint density at radius 1 is 1.30 bits per heavy atom. The van der Waals surface area contributed by atoms with Crippen molar-refractivity contribution in [1.82, 2.24) is 9.80 Å². The summed E-state index contributed by atoms with van der Waals surface area (Å²) in [4.78, 5) is 4.63. The van der Waals surface area contributed by atoms with Crippen LogP contribution in [0.5, 0.6) is 0 Å². The summed E-state index contributed by atoms with van der Waals surface area (Å²) in [5, 5.41) is 14.1. The molecule has 1 saturated heterocycles. The van der Waals surface area contributed by atoms with E-state index in [1.165, 1.54) is 0 Å². The quantitative estimate of drug-likeness (QED) is 0.867. The van der Waals surface area contributed by atoms with Gasteiger partial charge in [0.1, 0.15) is 0 Å². The molecule has 0 bridgehead atoms. The molecule has 0 aliphatic carbocycles. The Bertz CT molecular complexity index is 413. The van der Waals surface area contributed by atoms with Gasteiger partial charge in [-0.05, 0) is 25.6 Å². The second-order valence-corrected chi connectivity index (χ2v) is 5.98. The van der Waals surface area contributed by atoms with Gasteiger partial charge in [0.2, 0.25) is 0 Å². The first kappa shape index (κ1) is 15.6. The lowest BCUT2D eigenvalue weighted by Gasteiger charge is -2.33. The van der Waals surface area contributed by atoms with Crippen LogP contribution < -0.4 is 5.32 Å². The third kappa shape index (κ3) is 4.35. The minimum Gasteiger partial charge on any atom is -0.390 e. The normalized spacial score (nSPS) is 19.0. The molecule has 0 unspecified atom stereocenters. The molecule has 112 valence electrons. The van der Waals surface area contributed by atoms with E-state index in [1.807, 2.05) is 25.1 Å². The van der Waals surface area contributed by atoms with Crippen LogP contribution in [-0.2, 0) is 0 Å². The SMILES string of the molecule is Cc1cccc(Cl)c1NC[C@H](O)CN1CCN(C)CC1. The summed E-state index contributed by atoms with van der Waals surface area (Å²) >= 11 is 6.16. The highest BCUT2D eigenvalue weighted by molar-refractivity contribution is 6.33. The van der Waals surface area contributed by atoms with E-state index in [2.05, 4.69) is 22.2 Å². The van der Waals surface area contributed by atoms with E-state index in [0.717, 1.165) is 37.4 Å². The number of hydrogen-bond donors (Lipinski definition) is 2. The smallest absolute Gasteiger partial charge is 0.0839 e. The molecule has 1 heterocycles. The highest BCUT2D eigenvalue weighted by atomic mass is 35.5. The maximum Gasteiger partial charge on any atom is 0.0839 e. The molecule has 2 N–H and O–H groups in total. The van der Waals surface area contributed by atoms with E-state index >= 15 is 0 Å². The zero-order valence-corrected chi connectivity index (χ0v) is 13.0. The first-order chi connectivity index (χ1) is 9.56. The molecular weight excluding hydrogens is 274 g/mol. The number of piperazine rings is 1. The molecule has 0 radical (unpaired) electrons. The molecule has 4 nitrogen and oxygen atoms in total. The van der Waals surface area contributed by atoms with Gasteiger partial charge in [-0.2, -0.15) is 0 Å². The summed E-state index contributed by atoms with van der Waals surface area (Å²) in [7, 11) is 2.13. The Kier molecular flexibility index (Phi) is 5.66. The predicted octanol–water partition coefficient (Wildman–Crippen LogP) is 1.67. The lowest BCUT2D eigenvalue weighted by Crippen LogP contribution is -2.47. The van der Waals surface area contributed by atoms with Gasteiger partial charge in [-0.1, -0.05) is 23.7 Å². The van der Waals surface area contributed by atoms with Crippen LogP contribution in [0.3, 0.4) is 0 Å². The number of aliphatic hydroxyl groups is 1. The van der Waals surface area contributed by atoms with Crippen molar-refractivity contribution in [3.63, 3.8) is 0 Å².